The van der Waals surface area contributed by atoms with E-state index in [0.29, 0.717) is 0 Å². The Morgan fingerprint density at radius 2 is 2.16 bits per heavy atom. The Morgan fingerprint density at radius 3 is 2.84 bits per heavy atom. The maximum atomic E-state index is 9.09. The van der Waals surface area contributed by atoms with Crippen molar-refractivity contribution in [1.29, 1.82) is 0 Å². The van der Waals surface area contributed by atoms with Gasteiger partial charge in [0.1, 0.15) is 6.33 Å². The molecule has 1 fully saturated rings. The molecule has 2 unspecified atom stereocenters. The smallest absolute Gasteiger partial charge is 0.116 e. The van der Waals surface area contributed by atoms with E-state index < -0.39 is 0 Å². The fourth-order valence-corrected chi connectivity index (χ4v) is 3.30. The average molecular weight is 280 g/mol. The van der Waals surface area contributed by atoms with E-state index in [1.54, 1.807) is 17.7 Å². The zero-order chi connectivity index (χ0) is 13.8. The molecule has 3 heterocycles. The summed E-state index contributed by atoms with van der Waals surface area (Å²) >= 11 is 1.67. The second-order valence-electron chi connectivity index (χ2n) is 4.33. The zero-order valence-electron chi connectivity index (χ0n) is 11.6. The number of thiophene rings is 1. The lowest BCUT2D eigenvalue weighted by Crippen LogP contribution is -2.10. The minimum Gasteiger partial charge on any atom is -0.394 e. The third-order valence-electron chi connectivity index (χ3n) is 3.22. The van der Waals surface area contributed by atoms with Crippen LogP contribution in [0.3, 0.4) is 0 Å². The van der Waals surface area contributed by atoms with E-state index in [-0.39, 0.29) is 18.8 Å². The zero-order valence-corrected chi connectivity index (χ0v) is 12.4. The van der Waals surface area contributed by atoms with Crippen molar-refractivity contribution < 1.29 is 9.84 Å². The van der Waals surface area contributed by atoms with E-state index in [9.17, 15) is 0 Å². The molecule has 2 atom stereocenters. The van der Waals surface area contributed by atoms with Gasteiger partial charge >= 0.3 is 0 Å². The van der Waals surface area contributed by atoms with Crippen molar-refractivity contribution >= 4 is 21.6 Å². The van der Waals surface area contributed by atoms with Gasteiger partial charge in [-0.2, -0.15) is 0 Å². The molecule has 104 valence electrons. The molecule has 4 nitrogen and oxygen atoms in total. The van der Waals surface area contributed by atoms with Crippen LogP contribution in [-0.4, -0.2) is 27.8 Å². The average Bonchev–Trinajstić information content (AvgIpc) is 3.07. The van der Waals surface area contributed by atoms with Crippen LogP contribution < -0.4 is 0 Å². The number of nitrogens with zero attached hydrogens (tertiary/aromatic N) is 2. The van der Waals surface area contributed by atoms with Crippen LogP contribution in [0.15, 0.2) is 11.7 Å². The van der Waals surface area contributed by atoms with Gasteiger partial charge in [-0.25, -0.2) is 9.97 Å². The highest BCUT2D eigenvalue weighted by Gasteiger charge is 2.28. The summed E-state index contributed by atoms with van der Waals surface area (Å²) in [6.45, 7) is 6.10. The number of ether oxygens (including phenoxy) is 1. The van der Waals surface area contributed by atoms with Gasteiger partial charge in [0.2, 0.25) is 0 Å². The number of hydrogen-bond donors (Lipinski definition) is 1. The summed E-state index contributed by atoms with van der Waals surface area (Å²) in [5, 5.41) is 11.2. The van der Waals surface area contributed by atoms with E-state index in [1.165, 1.54) is 0 Å². The van der Waals surface area contributed by atoms with Crippen LogP contribution in [0, 0.1) is 6.92 Å². The lowest BCUT2D eigenvalue weighted by Gasteiger charge is -2.10. The van der Waals surface area contributed by atoms with Crippen LogP contribution in [0.1, 0.15) is 44.1 Å². The molecule has 3 rings (SSSR count). The number of rotatable bonds is 2. The third kappa shape index (κ3) is 2.78. The highest BCUT2D eigenvalue weighted by molar-refractivity contribution is 7.17. The Kier molecular flexibility index (Phi) is 4.85. The Hall–Kier alpha value is -1.04. The maximum absolute atomic E-state index is 9.09. The number of aliphatic hydroxyl groups is 1. The van der Waals surface area contributed by atoms with Crippen molar-refractivity contribution in [2.45, 2.75) is 45.8 Å². The van der Waals surface area contributed by atoms with Gasteiger partial charge in [-0.15, -0.1) is 11.3 Å². The molecule has 0 spiro atoms. The van der Waals surface area contributed by atoms with Crippen molar-refractivity contribution in [2.24, 2.45) is 0 Å². The SMILES string of the molecule is CC.Cc1ncnc2c(C3CCC(CO)O3)csc12. The number of aromatic nitrogens is 2. The van der Waals surface area contributed by atoms with Crippen LogP contribution >= 0.6 is 11.3 Å². The quantitative estimate of drug-likeness (QED) is 0.917. The maximum Gasteiger partial charge on any atom is 0.116 e. The highest BCUT2D eigenvalue weighted by atomic mass is 32.1. The summed E-state index contributed by atoms with van der Waals surface area (Å²) in [6.07, 6.45) is 3.54. The summed E-state index contributed by atoms with van der Waals surface area (Å²) < 4.78 is 6.94. The van der Waals surface area contributed by atoms with Crippen LogP contribution in [-0.2, 0) is 4.74 Å². The molecule has 2 aromatic heterocycles. The van der Waals surface area contributed by atoms with E-state index in [4.69, 9.17) is 9.84 Å². The van der Waals surface area contributed by atoms with Crippen molar-refractivity contribution in [3.8, 4) is 0 Å². The number of aliphatic hydroxyl groups excluding tert-OH is 1. The van der Waals surface area contributed by atoms with Gasteiger partial charge in [0.05, 0.1) is 34.7 Å². The van der Waals surface area contributed by atoms with Crippen LogP contribution in [0.5, 0.6) is 0 Å². The molecule has 1 aliphatic rings. The fourth-order valence-electron chi connectivity index (χ4n) is 2.28. The summed E-state index contributed by atoms with van der Waals surface area (Å²) in [7, 11) is 0. The number of aryl methyl sites for hydroxylation is 1. The van der Waals surface area contributed by atoms with Crippen molar-refractivity contribution in [1.82, 2.24) is 9.97 Å². The first-order valence-electron chi connectivity index (χ1n) is 6.74. The second-order valence-corrected chi connectivity index (χ2v) is 5.21. The monoisotopic (exact) mass is 280 g/mol. The molecule has 0 radical (unpaired) electrons. The normalized spacial score (nSPS) is 22.3. The van der Waals surface area contributed by atoms with Crippen LogP contribution in [0.4, 0.5) is 0 Å². The molecule has 5 heteroatoms. The predicted octanol–water partition coefficient (Wildman–Crippen LogP) is 3.24. The number of fused-ring (bicyclic) bond motifs is 1. The van der Waals surface area contributed by atoms with Crippen LogP contribution in [0.25, 0.3) is 10.2 Å². The first kappa shape index (κ1) is 14.4. The Morgan fingerprint density at radius 1 is 1.37 bits per heavy atom. The molecule has 0 saturated carbocycles. The van der Waals surface area contributed by atoms with Gasteiger partial charge in [0, 0.05) is 5.56 Å². The second kappa shape index (κ2) is 6.41. The summed E-state index contributed by atoms with van der Waals surface area (Å²) in [5.41, 5.74) is 3.17. The van der Waals surface area contributed by atoms with Gasteiger partial charge in [-0.3, -0.25) is 0 Å². The lowest BCUT2D eigenvalue weighted by atomic mass is 10.1. The van der Waals surface area contributed by atoms with E-state index in [2.05, 4.69) is 15.3 Å². The molecule has 0 bridgehead atoms. The van der Waals surface area contributed by atoms with Gasteiger partial charge in [0.15, 0.2) is 0 Å². The fraction of sp³-hybridized carbons (Fsp3) is 0.571. The van der Waals surface area contributed by atoms with Gasteiger partial charge < -0.3 is 9.84 Å². The lowest BCUT2D eigenvalue weighted by molar-refractivity contribution is 0.0116. The summed E-state index contributed by atoms with van der Waals surface area (Å²) in [5.74, 6) is 0. The molecule has 1 N–H and O–H groups in total. The van der Waals surface area contributed by atoms with Gasteiger partial charge in [-0.1, -0.05) is 13.8 Å². The van der Waals surface area contributed by atoms with Gasteiger partial charge in [0.25, 0.3) is 0 Å². The summed E-state index contributed by atoms with van der Waals surface area (Å²) in [6, 6.07) is 0. The van der Waals surface area contributed by atoms with E-state index >= 15 is 0 Å². The molecule has 0 aromatic carbocycles. The highest BCUT2D eigenvalue weighted by Crippen LogP contribution is 2.38. The molecular formula is C14H20N2O2S. The van der Waals surface area contributed by atoms with E-state index in [0.717, 1.165) is 34.3 Å². The Bertz CT molecular complexity index is 541. The van der Waals surface area contributed by atoms with E-state index in [1.807, 2.05) is 20.8 Å². The molecule has 1 aliphatic heterocycles. The Balaban J connectivity index is 0.000000637. The molecule has 0 aliphatic carbocycles. The number of hydrogen-bond acceptors (Lipinski definition) is 5. The van der Waals surface area contributed by atoms with Crippen LogP contribution in [0.2, 0.25) is 0 Å². The largest absolute Gasteiger partial charge is 0.394 e. The predicted molar refractivity (Wildman–Crippen MR) is 77.4 cm³/mol. The van der Waals surface area contributed by atoms with Gasteiger partial charge in [-0.05, 0) is 25.1 Å². The molecule has 2 aromatic rings. The molecule has 19 heavy (non-hydrogen) atoms. The first-order chi connectivity index (χ1) is 9.29. The topological polar surface area (TPSA) is 55.2 Å². The van der Waals surface area contributed by atoms with Crippen molar-refractivity contribution in [2.75, 3.05) is 6.61 Å². The van der Waals surface area contributed by atoms with Crippen molar-refractivity contribution in [3.63, 3.8) is 0 Å². The summed E-state index contributed by atoms with van der Waals surface area (Å²) in [4.78, 5) is 8.55. The standard InChI is InChI=1S/C12H14N2O2S.C2H6/c1-7-12-11(14-6-13-7)9(5-17-12)10-3-2-8(4-15)16-10;1-2/h5-6,8,10,15H,2-4H2,1H3;1-2H3. The molecule has 1 saturated heterocycles. The third-order valence-corrected chi connectivity index (χ3v) is 4.31. The van der Waals surface area contributed by atoms with Crippen molar-refractivity contribution in [3.05, 3.63) is 23.0 Å². The molecular weight excluding hydrogens is 260 g/mol. The molecule has 0 amide bonds. The first-order valence-corrected chi connectivity index (χ1v) is 7.62. The Labute approximate surface area is 117 Å². The minimum absolute atomic E-state index is 0.0158. The minimum atomic E-state index is -0.0158.